The van der Waals surface area contributed by atoms with Crippen molar-refractivity contribution in [3.63, 3.8) is 0 Å². The van der Waals surface area contributed by atoms with Gasteiger partial charge in [-0.2, -0.15) is 0 Å². The number of thiophene rings is 1. The van der Waals surface area contributed by atoms with Crippen LogP contribution in [0.1, 0.15) is 27.8 Å². The fourth-order valence-corrected chi connectivity index (χ4v) is 3.15. The zero-order chi connectivity index (χ0) is 13.4. The molecule has 1 N–H and O–H groups in total. The first-order valence-electron chi connectivity index (χ1n) is 6.25. The van der Waals surface area contributed by atoms with Gasteiger partial charge in [0, 0.05) is 16.0 Å². The van der Waals surface area contributed by atoms with Crippen molar-refractivity contribution >= 4 is 22.2 Å². The van der Waals surface area contributed by atoms with Crippen LogP contribution >= 0.6 is 11.3 Å². The van der Waals surface area contributed by atoms with Gasteiger partial charge in [0.05, 0.1) is 5.52 Å². The molecular weight excluding hydrogens is 254 g/mol. The molecule has 1 unspecified atom stereocenters. The van der Waals surface area contributed by atoms with E-state index in [0.717, 1.165) is 32.6 Å². The number of hydrogen-bond acceptors (Lipinski definition) is 3. The second kappa shape index (κ2) is 4.76. The van der Waals surface area contributed by atoms with Gasteiger partial charge in [-0.15, -0.1) is 11.3 Å². The van der Waals surface area contributed by atoms with Gasteiger partial charge in [0.15, 0.2) is 0 Å². The summed E-state index contributed by atoms with van der Waals surface area (Å²) in [5, 5.41) is 13.7. The van der Waals surface area contributed by atoms with Gasteiger partial charge >= 0.3 is 0 Å². The largest absolute Gasteiger partial charge is 0.384 e. The molecule has 0 aliphatic carbocycles. The highest BCUT2D eigenvalue weighted by Gasteiger charge is 2.17. The quantitative estimate of drug-likeness (QED) is 0.763. The smallest absolute Gasteiger partial charge is 0.106 e. The Morgan fingerprint density at radius 1 is 1.11 bits per heavy atom. The number of fused-ring (bicyclic) bond motifs is 1. The van der Waals surface area contributed by atoms with Crippen LogP contribution in [0, 0.1) is 13.8 Å². The lowest BCUT2D eigenvalue weighted by Gasteiger charge is -2.14. The van der Waals surface area contributed by atoms with Crippen LogP contribution in [0.3, 0.4) is 0 Å². The summed E-state index contributed by atoms with van der Waals surface area (Å²) in [5.41, 5.74) is 3.79. The van der Waals surface area contributed by atoms with Crippen LogP contribution < -0.4 is 0 Å². The van der Waals surface area contributed by atoms with E-state index in [-0.39, 0.29) is 0 Å². The zero-order valence-electron chi connectivity index (χ0n) is 10.9. The van der Waals surface area contributed by atoms with Gasteiger partial charge in [-0.3, -0.25) is 4.98 Å². The van der Waals surface area contributed by atoms with E-state index < -0.39 is 6.10 Å². The maximum Gasteiger partial charge on any atom is 0.106 e. The molecule has 0 aliphatic heterocycles. The van der Waals surface area contributed by atoms with E-state index in [4.69, 9.17) is 0 Å². The van der Waals surface area contributed by atoms with Crippen LogP contribution in [-0.2, 0) is 0 Å². The minimum atomic E-state index is -0.585. The van der Waals surface area contributed by atoms with Gasteiger partial charge in [-0.1, -0.05) is 18.2 Å². The van der Waals surface area contributed by atoms with Crippen molar-refractivity contribution < 1.29 is 5.11 Å². The molecule has 0 bridgehead atoms. The average molecular weight is 269 g/mol. The van der Waals surface area contributed by atoms with E-state index in [1.54, 1.807) is 11.3 Å². The Kier molecular flexibility index (Phi) is 3.09. The van der Waals surface area contributed by atoms with Crippen molar-refractivity contribution in [1.82, 2.24) is 4.98 Å². The lowest BCUT2D eigenvalue weighted by Crippen LogP contribution is -2.02. The van der Waals surface area contributed by atoms with Crippen LogP contribution in [-0.4, -0.2) is 10.1 Å². The van der Waals surface area contributed by atoms with Crippen LogP contribution in [0.4, 0.5) is 0 Å². The van der Waals surface area contributed by atoms with E-state index in [9.17, 15) is 5.11 Å². The van der Waals surface area contributed by atoms with E-state index >= 15 is 0 Å². The summed E-state index contributed by atoms with van der Waals surface area (Å²) >= 11 is 1.66. The Morgan fingerprint density at radius 3 is 2.63 bits per heavy atom. The molecule has 0 amide bonds. The van der Waals surface area contributed by atoms with Gasteiger partial charge in [0.25, 0.3) is 0 Å². The Bertz CT molecular complexity index is 732. The van der Waals surface area contributed by atoms with Gasteiger partial charge in [0.1, 0.15) is 6.10 Å². The van der Waals surface area contributed by atoms with E-state index in [1.807, 2.05) is 55.6 Å². The van der Waals surface area contributed by atoms with Crippen molar-refractivity contribution in [2.75, 3.05) is 0 Å². The number of pyridine rings is 1. The topological polar surface area (TPSA) is 33.1 Å². The summed E-state index contributed by atoms with van der Waals surface area (Å²) in [6, 6.07) is 11.9. The second-order valence-electron chi connectivity index (χ2n) is 4.70. The maximum absolute atomic E-state index is 10.7. The normalized spacial score (nSPS) is 12.8. The van der Waals surface area contributed by atoms with Crippen molar-refractivity contribution in [2.24, 2.45) is 0 Å². The lowest BCUT2D eigenvalue weighted by molar-refractivity contribution is 0.221. The summed E-state index contributed by atoms with van der Waals surface area (Å²) < 4.78 is 0. The number of benzene rings is 1. The Morgan fingerprint density at radius 2 is 1.89 bits per heavy atom. The van der Waals surface area contributed by atoms with Crippen LogP contribution in [0.2, 0.25) is 0 Å². The number of aryl methyl sites for hydroxylation is 2. The lowest BCUT2D eigenvalue weighted by atomic mass is 9.98. The Hall–Kier alpha value is -1.71. The van der Waals surface area contributed by atoms with E-state index in [1.165, 1.54) is 0 Å². The summed E-state index contributed by atoms with van der Waals surface area (Å²) in [4.78, 5) is 5.67. The summed E-state index contributed by atoms with van der Waals surface area (Å²) in [6.45, 7) is 4.00. The van der Waals surface area contributed by atoms with Crippen molar-refractivity contribution in [1.29, 1.82) is 0 Å². The molecule has 1 atom stereocenters. The fourth-order valence-electron chi connectivity index (χ4n) is 2.41. The molecule has 2 heterocycles. The van der Waals surface area contributed by atoms with Crippen molar-refractivity contribution in [3.05, 3.63) is 63.5 Å². The van der Waals surface area contributed by atoms with Gasteiger partial charge in [0.2, 0.25) is 0 Å². The maximum atomic E-state index is 10.7. The second-order valence-corrected chi connectivity index (χ2v) is 5.82. The third-order valence-electron chi connectivity index (χ3n) is 3.36. The number of aliphatic hydroxyl groups is 1. The SMILES string of the molecule is Cc1cc(C(O)c2ccsc2C)c2ccccc2n1. The molecule has 0 spiro atoms. The minimum absolute atomic E-state index is 0.585. The molecule has 3 heteroatoms. The highest BCUT2D eigenvalue weighted by Crippen LogP contribution is 2.32. The van der Waals surface area contributed by atoms with Crippen LogP contribution in [0.5, 0.6) is 0 Å². The number of para-hydroxylation sites is 1. The van der Waals surface area contributed by atoms with Gasteiger partial charge < -0.3 is 5.11 Å². The predicted octanol–water partition coefficient (Wildman–Crippen LogP) is 3.99. The first-order valence-corrected chi connectivity index (χ1v) is 7.13. The number of rotatable bonds is 2. The van der Waals surface area contributed by atoms with E-state index in [0.29, 0.717) is 0 Å². The molecule has 3 aromatic rings. The molecule has 0 radical (unpaired) electrons. The standard InChI is InChI=1S/C16H15NOS/c1-10-9-14(13-5-3-4-6-15(13)17-10)16(18)12-7-8-19-11(12)2/h3-9,16,18H,1-2H3. The average Bonchev–Trinajstić information content (AvgIpc) is 2.83. The fraction of sp³-hybridized carbons (Fsp3) is 0.188. The van der Waals surface area contributed by atoms with Crippen molar-refractivity contribution in [2.45, 2.75) is 20.0 Å². The Balaban J connectivity index is 2.22. The molecule has 2 nitrogen and oxygen atoms in total. The molecule has 0 saturated carbocycles. The first kappa shape index (κ1) is 12.3. The molecule has 1 aromatic carbocycles. The molecule has 0 aliphatic rings. The third-order valence-corrected chi connectivity index (χ3v) is 4.23. The first-order chi connectivity index (χ1) is 9.16. The third kappa shape index (κ3) is 2.15. The number of hydrogen-bond donors (Lipinski definition) is 1. The summed E-state index contributed by atoms with van der Waals surface area (Å²) in [7, 11) is 0. The molecule has 2 aromatic heterocycles. The van der Waals surface area contributed by atoms with Crippen LogP contribution in [0.25, 0.3) is 10.9 Å². The molecule has 96 valence electrons. The predicted molar refractivity (Wildman–Crippen MR) is 79.6 cm³/mol. The molecule has 0 fully saturated rings. The summed E-state index contributed by atoms with van der Waals surface area (Å²) in [5.74, 6) is 0. The Labute approximate surface area is 116 Å². The highest BCUT2D eigenvalue weighted by atomic mass is 32.1. The summed E-state index contributed by atoms with van der Waals surface area (Å²) in [6.07, 6.45) is -0.585. The van der Waals surface area contributed by atoms with Gasteiger partial charge in [-0.25, -0.2) is 0 Å². The number of aliphatic hydroxyl groups excluding tert-OH is 1. The zero-order valence-corrected chi connectivity index (χ0v) is 11.7. The molecular formula is C16H15NOS. The van der Waals surface area contributed by atoms with Crippen LogP contribution in [0.15, 0.2) is 41.8 Å². The monoisotopic (exact) mass is 269 g/mol. The molecule has 0 saturated heterocycles. The minimum Gasteiger partial charge on any atom is -0.384 e. The number of aromatic nitrogens is 1. The van der Waals surface area contributed by atoms with Gasteiger partial charge in [-0.05, 0) is 48.6 Å². The molecule has 3 rings (SSSR count). The highest BCUT2D eigenvalue weighted by molar-refractivity contribution is 7.10. The number of nitrogens with zero attached hydrogens (tertiary/aromatic N) is 1. The van der Waals surface area contributed by atoms with Crippen molar-refractivity contribution in [3.8, 4) is 0 Å². The van der Waals surface area contributed by atoms with E-state index in [2.05, 4.69) is 4.98 Å². The molecule has 19 heavy (non-hydrogen) atoms.